The normalized spacial score (nSPS) is 10.6. The second-order valence-corrected chi connectivity index (χ2v) is 6.51. The van der Waals surface area contributed by atoms with Crippen molar-refractivity contribution in [2.24, 2.45) is 5.10 Å². The minimum atomic E-state index is 0.492. The molecule has 0 spiro atoms. The highest BCUT2D eigenvalue weighted by Gasteiger charge is 2.04. The molecule has 6 heteroatoms. The van der Waals surface area contributed by atoms with Gasteiger partial charge >= 0.3 is 0 Å². The van der Waals surface area contributed by atoms with Gasteiger partial charge in [0, 0.05) is 16.6 Å². The first kappa shape index (κ1) is 18.4. The number of thiocarbonyl (C=S) groups is 1. The van der Waals surface area contributed by atoms with Crippen molar-refractivity contribution in [3.63, 3.8) is 0 Å². The number of rotatable bonds is 6. The number of ether oxygens (including phenoxy) is 1. The molecule has 0 saturated heterocycles. The molecule has 0 atom stereocenters. The zero-order valence-corrected chi connectivity index (χ0v) is 16.1. The van der Waals surface area contributed by atoms with Crippen molar-refractivity contribution in [1.29, 1.82) is 0 Å². The van der Waals surface area contributed by atoms with Crippen LogP contribution >= 0.6 is 28.1 Å². The second-order valence-electron chi connectivity index (χ2n) is 5.19. The van der Waals surface area contributed by atoms with Gasteiger partial charge in [0.05, 0.1) is 6.21 Å². The lowest BCUT2D eigenvalue weighted by molar-refractivity contribution is 0.305. The third-order valence-electron chi connectivity index (χ3n) is 3.16. The van der Waals surface area contributed by atoms with E-state index in [1.165, 1.54) is 5.56 Å². The van der Waals surface area contributed by atoms with Crippen LogP contribution in [0.1, 0.15) is 23.6 Å². The Morgan fingerprint density at radius 1 is 1.29 bits per heavy atom. The Hall–Kier alpha value is -1.92. The largest absolute Gasteiger partial charge is 0.488 e. The average Bonchev–Trinajstić information content (AvgIpc) is 2.54. The van der Waals surface area contributed by atoms with Gasteiger partial charge in [-0.15, -0.1) is 0 Å². The second kappa shape index (κ2) is 9.39. The van der Waals surface area contributed by atoms with Gasteiger partial charge in [-0.3, -0.25) is 5.43 Å². The van der Waals surface area contributed by atoms with Crippen LogP contribution in [0.15, 0.2) is 52.0 Å². The van der Waals surface area contributed by atoms with Gasteiger partial charge in [0.25, 0.3) is 0 Å². The standard InChI is InChI=1S/C18H20BrN3OS/c1-3-20-18(24)22-21-11-15-10-16(19)7-8-17(15)23-12-14-6-4-5-13(2)9-14/h4-11H,3,12H2,1-2H3,(H2,20,22,24). The molecular formula is C18H20BrN3OS. The van der Waals surface area contributed by atoms with Gasteiger partial charge in [0.15, 0.2) is 5.11 Å². The van der Waals surface area contributed by atoms with E-state index < -0.39 is 0 Å². The SMILES string of the molecule is CCNC(=S)NN=Cc1cc(Br)ccc1OCc1cccc(C)c1. The molecule has 0 aromatic heterocycles. The number of benzene rings is 2. The summed E-state index contributed by atoms with van der Waals surface area (Å²) in [5.41, 5.74) is 5.99. The molecule has 0 aliphatic carbocycles. The maximum absolute atomic E-state index is 5.95. The van der Waals surface area contributed by atoms with E-state index >= 15 is 0 Å². The van der Waals surface area contributed by atoms with Crippen LogP contribution < -0.4 is 15.5 Å². The van der Waals surface area contributed by atoms with E-state index in [-0.39, 0.29) is 0 Å². The van der Waals surface area contributed by atoms with E-state index in [0.717, 1.165) is 27.9 Å². The summed E-state index contributed by atoms with van der Waals surface area (Å²) in [6, 6.07) is 14.1. The van der Waals surface area contributed by atoms with Crippen molar-refractivity contribution in [3.05, 3.63) is 63.6 Å². The van der Waals surface area contributed by atoms with Gasteiger partial charge in [-0.1, -0.05) is 45.8 Å². The van der Waals surface area contributed by atoms with Gasteiger partial charge in [0.2, 0.25) is 0 Å². The molecule has 126 valence electrons. The summed E-state index contributed by atoms with van der Waals surface area (Å²) in [7, 11) is 0. The first-order valence-corrected chi connectivity index (χ1v) is 8.83. The minimum absolute atomic E-state index is 0.492. The van der Waals surface area contributed by atoms with Crippen molar-refractivity contribution >= 4 is 39.5 Å². The topological polar surface area (TPSA) is 45.7 Å². The number of hydrazone groups is 1. The Kier molecular flexibility index (Phi) is 7.21. The van der Waals surface area contributed by atoms with Crippen LogP contribution in [0.4, 0.5) is 0 Å². The van der Waals surface area contributed by atoms with E-state index in [1.807, 2.05) is 31.2 Å². The van der Waals surface area contributed by atoms with Crippen LogP contribution in [0.3, 0.4) is 0 Å². The van der Waals surface area contributed by atoms with E-state index in [9.17, 15) is 0 Å². The number of hydrogen-bond acceptors (Lipinski definition) is 3. The fraction of sp³-hybridized carbons (Fsp3) is 0.222. The number of aryl methyl sites for hydroxylation is 1. The zero-order chi connectivity index (χ0) is 17.4. The molecule has 2 N–H and O–H groups in total. The predicted molar refractivity (Wildman–Crippen MR) is 107 cm³/mol. The summed E-state index contributed by atoms with van der Waals surface area (Å²) in [6.45, 7) is 5.31. The lowest BCUT2D eigenvalue weighted by atomic mass is 10.1. The van der Waals surface area contributed by atoms with Crippen LogP contribution in [0.5, 0.6) is 5.75 Å². The van der Waals surface area contributed by atoms with E-state index in [0.29, 0.717) is 11.7 Å². The zero-order valence-electron chi connectivity index (χ0n) is 13.7. The first-order chi connectivity index (χ1) is 11.6. The highest BCUT2D eigenvalue weighted by atomic mass is 79.9. The summed E-state index contributed by atoms with van der Waals surface area (Å²) in [5, 5.41) is 7.62. The smallest absolute Gasteiger partial charge is 0.186 e. The van der Waals surface area contributed by atoms with Crippen molar-refractivity contribution in [1.82, 2.24) is 10.7 Å². The molecule has 2 aromatic rings. The molecule has 24 heavy (non-hydrogen) atoms. The lowest BCUT2D eigenvalue weighted by Crippen LogP contribution is -2.31. The lowest BCUT2D eigenvalue weighted by Gasteiger charge is -2.10. The summed E-state index contributed by atoms with van der Waals surface area (Å²) < 4.78 is 6.91. The van der Waals surface area contributed by atoms with Gasteiger partial charge < -0.3 is 10.1 Å². The van der Waals surface area contributed by atoms with Crippen molar-refractivity contribution in [3.8, 4) is 5.75 Å². The predicted octanol–water partition coefficient (Wildman–Crippen LogP) is 4.15. The van der Waals surface area contributed by atoms with Gasteiger partial charge in [-0.25, -0.2) is 0 Å². The molecule has 0 saturated carbocycles. The average molecular weight is 406 g/mol. The molecule has 4 nitrogen and oxygen atoms in total. The Morgan fingerprint density at radius 2 is 2.12 bits per heavy atom. The van der Waals surface area contributed by atoms with Crippen LogP contribution in [0.2, 0.25) is 0 Å². The van der Waals surface area contributed by atoms with Gasteiger partial charge in [0.1, 0.15) is 12.4 Å². The number of nitrogens with zero attached hydrogens (tertiary/aromatic N) is 1. The fourth-order valence-electron chi connectivity index (χ4n) is 2.08. The first-order valence-electron chi connectivity index (χ1n) is 7.63. The van der Waals surface area contributed by atoms with E-state index in [1.54, 1.807) is 6.21 Å². The maximum atomic E-state index is 5.95. The van der Waals surface area contributed by atoms with Crippen molar-refractivity contribution < 1.29 is 4.74 Å². The summed E-state index contributed by atoms with van der Waals surface area (Å²) >= 11 is 8.55. The third-order valence-corrected chi connectivity index (χ3v) is 3.88. The third kappa shape index (κ3) is 5.94. The highest BCUT2D eigenvalue weighted by Crippen LogP contribution is 2.23. The van der Waals surface area contributed by atoms with Crippen LogP contribution in [-0.2, 0) is 6.61 Å². The molecule has 0 amide bonds. The Labute approximate surface area is 156 Å². The summed E-state index contributed by atoms with van der Waals surface area (Å²) in [4.78, 5) is 0. The molecule has 0 aliphatic heterocycles. The number of nitrogens with one attached hydrogen (secondary N) is 2. The van der Waals surface area contributed by atoms with Crippen molar-refractivity contribution in [2.45, 2.75) is 20.5 Å². The number of hydrogen-bond donors (Lipinski definition) is 2. The van der Waals surface area contributed by atoms with Crippen LogP contribution in [0.25, 0.3) is 0 Å². The molecule has 0 radical (unpaired) electrons. The molecule has 0 fully saturated rings. The monoisotopic (exact) mass is 405 g/mol. The fourth-order valence-corrected chi connectivity index (χ4v) is 2.65. The van der Waals surface area contributed by atoms with E-state index in [2.05, 4.69) is 56.9 Å². The molecular weight excluding hydrogens is 386 g/mol. The number of halogens is 1. The van der Waals surface area contributed by atoms with Gasteiger partial charge in [-0.05, 0) is 49.8 Å². The Balaban J connectivity index is 2.06. The molecule has 0 unspecified atom stereocenters. The summed E-state index contributed by atoms with van der Waals surface area (Å²) in [6.07, 6.45) is 1.69. The van der Waals surface area contributed by atoms with Crippen LogP contribution in [0, 0.1) is 6.92 Å². The summed E-state index contributed by atoms with van der Waals surface area (Å²) in [5.74, 6) is 0.764. The Bertz CT molecular complexity index is 734. The van der Waals surface area contributed by atoms with Gasteiger partial charge in [-0.2, -0.15) is 5.10 Å². The minimum Gasteiger partial charge on any atom is -0.488 e. The molecule has 0 heterocycles. The molecule has 0 aliphatic rings. The molecule has 0 bridgehead atoms. The Morgan fingerprint density at radius 3 is 2.88 bits per heavy atom. The van der Waals surface area contributed by atoms with Crippen LogP contribution in [-0.4, -0.2) is 17.9 Å². The maximum Gasteiger partial charge on any atom is 0.186 e. The van der Waals surface area contributed by atoms with Crippen molar-refractivity contribution in [2.75, 3.05) is 6.54 Å². The quantitative estimate of drug-likeness (QED) is 0.430. The highest BCUT2D eigenvalue weighted by molar-refractivity contribution is 9.10. The van der Waals surface area contributed by atoms with E-state index in [4.69, 9.17) is 17.0 Å². The molecule has 2 aromatic carbocycles. The molecule has 2 rings (SSSR count).